The fourth-order valence-corrected chi connectivity index (χ4v) is 2.03. The number of ether oxygens (including phenoxy) is 1. The maximum Gasteiger partial charge on any atom is 0.229 e. The summed E-state index contributed by atoms with van der Waals surface area (Å²) in [5, 5.41) is 0. The van der Waals surface area contributed by atoms with E-state index in [-0.39, 0.29) is 12.0 Å². The highest BCUT2D eigenvalue weighted by atomic mass is 35.5. The van der Waals surface area contributed by atoms with E-state index >= 15 is 0 Å². The lowest BCUT2D eigenvalue weighted by Crippen LogP contribution is -2.44. The van der Waals surface area contributed by atoms with Crippen LogP contribution in [0.4, 0.5) is 0 Å². The Morgan fingerprint density at radius 2 is 2.19 bits per heavy atom. The Balaban J connectivity index is 2.44. The summed E-state index contributed by atoms with van der Waals surface area (Å²) in [5.74, 6) is 0.443. The Morgan fingerprint density at radius 1 is 1.50 bits per heavy atom. The SMILES string of the molecule is CN(CC1CCCCO1)C(=O)C(C)(C)CCl. The van der Waals surface area contributed by atoms with Crippen molar-refractivity contribution in [2.24, 2.45) is 5.41 Å². The van der Waals surface area contributed by atoms with Crippen LogP contribution in [0.5, 0.6) is 0 Å². The topological polar surface area (TPSA) is 29.5 Å². The zero-order chi connectivity index (χ0) is 12.2. The van der Waals surface area contributed by atoms with Gasteiger partial charge in [-0.1, -0.05) is 0 Å². The summed E-state index contributed by atoms with van der Waals surface area (Å²) in [6, 6.07) is 0. The van der Waals surface area contributed by atoms with Crippen LogP contribution in [-0.4, -0.2) is 43.0 Å². The van der Waals surface area contributed by atoms with E-state index in [4.69, 9.17) is 16.3 Å². The normalized spacial score (nSPS) is 21.9. The first-order valence-corrected chi connectivity index (χ1v) is 6.44. The van der Waals surface area contributed by atoms with Gasteiger partial charge in [-0.3, -0.25) is 4.79 Å². The number of hydrogen-bond acceptors (Lipinski definition) is 2. The second-order valence-corrected chi connectivity index (χ2v) is 5.46. The fraction of sp³-hybridized carbons (Fsp3) is 0.917. The summed E-state index contributed by atoms with van der Waals surface area (Å²) in [7, 11) is 1.83. The van der Waals surface area contributed by atoms with E-state index in [2.05, 4.69) is 0 Å². The molecule has 4 heteroatoms. The van der Waals surface area contributed by atoms with Crippen LogP contribution in [0, 0.1) is 5.41 Å². The molecular formula is C12H22ClNO2. The predicted molar refractivity (Wildman–Crippen MR) is 65.7 cm³/mol. The molecule has 3 nitrogen and oxygen atoms in total. The maximum absolute atomic E-state index is 12.1. The van der Waals surface area contributed by atoms with Gasteiger partial charge in [0.15, 0.2) is 0 Å². The molecule has 1 rings (SSSR count). The van der Waals surface area contributed by atoms with Gasteiger partial charge >= 0.3 is 0 Å². The van der Waals surface area contributed by atoms with Gasteiger partial charge in [-0.25, -0.2) is 0 Å². The summed E-state index contributed by atoms with van der Waals surface area (Å²) in [6.45, 7) is 5.26. The van der Waals surface area contributed by atoms with Crippen molar-refractivity contribution < 1.29 is 9.53 Å². The standard InChI is InChI=1S/C12H22ClNO2/c1-12(2,9-13)11(15)14(3)8-10-6-4-5-7-16-10/h10H,4-9H2,1-3H3. The minimum Gasteiger partial charge on any atom is -0.376 e. The van der Waals surface area contributed by atoms with E-state index in [0.717, 1.165) is 19.4 Å². The lowest BCUT2D eigenvalue weighted by Gasteiger charge is -2.31. The molecule has 0 N–H and O–H groups in total. The summed E-state index contributed by atoms with van der Waals surface area (Å²) >= 11 is 5.80. The Labute approximate surface area is 103 Å². The molecule has 1 atom stereocenters. The highest BCUT2D eigenvalue weighted by Gasteiger charge is 2.30. The fourth-order valence-electron chi connectivity index (χ4n) is 1.91. The number of likely N-dealkylation sites (N-methyl/N-ethyl adjacent to an activating group) is 1. The van der Waals surface area contributed by atoms with Gasteiger partial charge in [-0.15, -0.1) is 11.6 Å². The molecule has 0 aromatic carbocycles. The third-order valence-corrected chi connectivity index (χ3v) is 3.68. The van der Waals surface area contributed by atoms with Crippen LogP contribution in [0.1, 0.15) is 33.1 Å². The van der Waals surface area contributed by atoms with Crippen LogP contribution in [0.15, 0.2) is 0 Å². The predicted octanol–water partition coefficient (Wildman–Crippen LogP) is 2.28. The Bertz CT molecular complexity index is 237. The molecule has 94 valence electrons. The minimum absolute atomic E-state index is 0.0941. The van der Waals surface area contributed by atoms with E-state index in [9.17, 15) is 4.79 Å². The molecule has 0 saturated carbocycles. The third kappa shape index (κ3) is 3.63. The largest absolute Gasteiger partial charge is 0.376 e. The first kappa shape index (κ1) is 13.8. The number of hydrogen-bond donors (Lipinski definition) is 0. The highest BCUT2D eigenvalue weighted by molar-refractivity contribution is 6.19. The molecule has 1 heterocycles. The van der Waals surface area contributed by atoms with Crippen LogP contribution in [-0.2, 0) is 9.53 Å². The molecule has 0 bridgehead atoms. The first-order chi connectivity index (χ1) is 7.47. The van der Waals surface area contributed by atoms with E-state index in [1.165, 1.54) is 6.42 Å². The van der Waals surface area contributed by atoms with Crippen LogP contribution >= 0.6 is 11.6 Å². The molecule has 1 fully saturated rings. The van der Waals surface area contributed by atoms with Gasteiger partial charge in [0, 0.05) is 26.1 Å². The number of halogens is 1. The molecule has 0 spiro atoms. The maximum atomic E-state index is 12.1. The van der Waals surface area contributed by atoms with Crippen molar-refractivity contribution in [3.8, 4) is 0 Å². The average molecular weight is 248 g/mol. The first-order valence-electron chi connectivity index (χ1n) is 5.90. The average Bonchev–Trinajstić information content (AvgIpc) is 2.29. The van der Waals surface area contributed by atoms with Gasteiger partial charge in [0.05, 0.1) is 11.5 Å². The molecule has 16 heavy (non-hydrogen) atoms. The van der Waals surface area contributed by atoms with Gasteiger partial charge in [-0.05, 0) is 33.1 Å². The van der Waals surface area contributed by atoms with Crippen molar-refractivity contribution in [3.05, 3.63) is 0 Å². The molecule has 1 amide bonds. The van der Waals surface area contributed by atoms with Crippen molar-refractivity contribution in [1.29, 1.82) is 0 Å². The van der Waals surface area contributed by atoms with Crippen LogP contribution in [0.2, 0.25) is 0 Å². The quantitative estimate of drug-likeness (QED) is 0.714. The second kappa shape index (κ2) is 5.87. The molecule has 0 aliphatic carbocycles. The molecule has 0 radical (unpaired) electrons. The zero-order valence-corrected chi connectivity index (χ0v) is 11.2. The van der Waals surface area contributed by atoms with Crippen molar-refractivity contribution in [3.63, 3.8) is 0 Å². The van der Waals surface area contributed by atoms with Crippen molar-refractivity contribution in [2.75, 3.05) is 26.1 Å². The molecular weight excluding hydrogens is 226 g/mol. The number of alkyl halides is 1. The summed E-state index contributed by atoms with van der Waals surface area (Å²) in [5.41, 5.74) is -0.481. The van der Waals surface area contributed by atoms with Gasteiger partial charge in [0.1, 0.15) is 0 Å². The third-order valence-electron chi connectivity index (χ3n) is 3.01. The number of amides is 1. The zero-order valence-electron chi connectivity index (χ0n) is 10.5. The van der Waals surface area contributed by atoms with Crippen molar-refractivity contribution in [2.45, 2.75) is 39.2 Å². The van der Waals surface area contributed by atoms with E-state index < -0.39 is 5.41 Å². The number of carbonyl (C=O) groups is 1. The molecule has 1 aliphatic rings. The smallest absolute Gasteiger partial charge is 0.229 e. The van der Waals surface area contributed by atoms with Crippen molar-refractivity contribution in [1.82, 2.24) is 4.90 Å². The monoisotopic (exact) mass is 247 g/mol. The Morgan fingerprint density at radius 3 is 2.69 bits per heavy atom. The van der Waals surface area contributed by atoms with E-state index in [1.807, 2.05) is 20.9 Å². The lowest BCUT2D eigenvalue weighted by molar-refractivity contribution is -0.140. The molecule has 0 aromatic heterocycles. The number of carbonyl (C=O) groups excluding carboxylic acids is 1. The summed E-state index contributed by atoms with van der Waals surface area (Å²) in [6.07, 6.45) is 3.60. The van der Waals surface area contributed by atoms with Gasteiger partial charge in [0.2, 0.25) is 5.91 Å². The summed E-state index contributed by atoms with van der Waals surface area (Å²) < 4.78 is 5.62. The number of rotatable bonds is 4. The minimum atomic E-state index is -0.481. The van der Waals surface area contributed by atoms with Gasteiger partial charge < -0.3 is 9.64 Å². The highest BCUT2D eigenvalue weighted by Crippen LogP contribution is 2.21. The molecule has 1 saturated heterocycles. The molecule has 1 unspecified atom stereocenters. The molecule has 0 aromatic rings. The number of nitrogens with zero attached hydrogens (tertiary/aromatic N) is 1. The summed E-state index contributed by atoms with van der Waals surface area (Å²) in [4.78, 5) is 13.8. The van der Waals surface area contributed by atoms with E-state index in [0.29, 0.717) is 12.4 Å². The Hall–Kier alpha value is -0.280. The van der Waals surface area contributed by atoms with Gasteiger partial charge in [-0.2, -0.15) is 0 Å². The van der Waals surface area contributed by atoms with Crippen LogP contribution < -0.4 is 0 Å². The van der Waals surface area contributed by atoms with Crippen molar-refractivity contribution >= 4 is 17.5 Å². The van der Waals surface area contributed by atoms with Crippen LogP contribution in [0.25, 0.3) is 0 Å². The second-order valence-electron chi connectivity index (χ2n) is 5.19. The molecule has 1 aliphatic heterocycles. The Kier molecular flexibility index (Phi) is 5.06. The lowest BCUT2D eigenvalue weighted by atomic mass is 9.94. The van der Waals surface area contributed by atoms with Gasteiger partial charge in [0.25, 0.3) is 0 Å². The van der Waals surface area contributed by atoms with Crippen LogP contribution in [0.3, 0.4) is 0 Å². The van der Waals surface area contributed by atoms with E-state index in [1.54, 1.807) is 4.90 Å².